The van der Waals surface area contributed by atoms with Gasteiger partial charge in [0.25, 0.3) is 0 Å². The van der Waals surface area contributed by atoms with Crippen molar-refractivity contribution in [2.45, 2.75) is 25.7 Å². The SMILES string of the molecule is N#CC(C#N)=C/C=C/N1CCCCCC1. The van der Waals surface area contributed by atoms with Crippen LogP contribution in [0.3, 0.4) is 0 Å². The van der Waals surface area contributed by atoms with E-state index in [0.29, 0.717) is 0 Å². The monoisotopic (exact) mass is 201 g/mol. The van der Waals surface area contributed by atoms with Crippen LogP contribution in [0.4, 0.5) is 0 Å². The summed E-state index contributed by atoms with van der Waals surface area (Å²) in [5.74, 6) is 0. The third-order valence-electron chi connectivity index (χ3n) is 2.44. The van der Waals surface area contributed by atoms with Crippen LogP contribution < -0.4 is 0 Å². The van der Waals surface area contributed by atoms with Crippen molar-refractivity contribution in [3.8, 4) is 12.1 Å². The fourth-order valence-corrected chi connectivity index (χ4v) is 1.60. The van der Waals surface area contributed by atoms with Crippen molar-refractivity contribution in [2.24, 2.45) is 0 Å². The standard InChI is InChI=1S/C12H15N3/c13-10-12(11-14)6-5-9-15-7-3-1-2-4-8-15/h5-6,9H,1-4,7-8H2/b9-5+. The molecule has 0 radical (unpaired) electrons. The predicted octanol–water partition coefficient (Wildman–Crippen LogP) is 2.35. The Morgan fingerprint density at radius 3 is 2.13 bits per heavy atom. The smallest absolute Gasteiger partial charge is 0.129 e. The third-order valence-corrected chi connectivity index (χ3v) is 2.44. The molecule has 0 spiro atoms. The molecule has 1 saturated heterocycles. The van der Waals surface area contributed by atoms with Crippen molar-refractivity contribution < 1.29 is 0 Å². The third kappa shape index (κ3) is 4.33. The van der Waals surface area contributed by atoms with E-state index in [2.05, 4.69) is 4.90 Å². The molecule has 0 aromatic heterocycles. The summed E-state index contributed by atoms with van der Waals surface area (Å²) in [4.78, 5) is 2.25. The van der Waals surface area contributed by atoms with Gasteiger partial charge in [0.15, 0.2) is 0 Å². The first-order valence-corrected chi connectivity index (χ1v) is 5.29. The molecule has 0 aliphatic carbocycles. The largest absolute Gasteiger partial charge is 0.377 e. The van der Waals surface area contributed by atoms with E-state index >= 15 is 0 Å². The predicted molar refractivity (Wildman–Crippen MR) is 58.5 cm³/mol. The van der Waals surface area contributed by atoms with Crippen LogP contribution in [0, 0.1) is 22.7 Å². The molecule has 0 aromatic carbocycles. The van der Waals surface area contributed by atoms with E-state index < -0.39 is 0 Å². The van der Waals surface area contributed by atoms with Crippen LogP contribution in [-0.2, 0) is 0 Å². The van der Waals surface area contributed by atoms with Gasteiger partial charge in [-0.15, -0.1) is 0 Å². The Morgan fingerprint density at radius 1 is 1.00 bits per heavy atom. The summed E-state index contributed by atoms with van der Waals surface area (Å²) in [5, 5.41) is 17.0. The van der Waals surface area contributed by atoms with Gasteiger partial charge in [-0.25, -0.2) is 0 Å². The highest BCUT2D eigenvalue weighted by atomic mass is 15.1. The van der Waals surface area contributed by atoms with Crippen molar-refractivity contribution in [2.75, 3.05) is 13.1 Å². The molecular weight excluding hydrogens is 186 g/mol. The second-order valence-electron chi connectivity index (χ2n) is 3.60. The van der Waals surface area contributed by atoms with E-state index in [0.717, 1.165) is 13.1 Å². The molecule has 0 atom stereocenters. The quantitative estimate of drug-likeness (QED) is 0.509. The molecule has 1 aliphatic heterocycles. The van der Waals surface area contributed by atoms with Crippen LogP contribution in [0.25, 0.3) is 0 Å². The zero-order chi connectivity index (χ0) is 10.9. The second kappa shape index (κ2) is 6.68. The van der Waals surface area contributed by atoms with Crippen LogP contribution in [0.5, 0.6) is 0 Å². The minimum absolute atomic E-state index is 0.154. The lowest BCUT2D eigenvalue weighted by atomic mass is 10.2. The van der Waals surface area contributed by atoms with Gasteiger partial charge < -0.3 is 4.90 Å². The van der Waals surface area contributed by atoms with Gasteiger partial charge in [-0.3, -0.25) is 0 Å². The maximum atomic E-state index is 8.52. The highest BCUT2D eigenvalue weighted by molar-refractivity contribution is 5.37. The Balaban J connectivity index is 2.46. The molecule has 0 unspecified atom stereocenters. The van der Waals surface area contributed by atoms with Gasteiger partial charge in [-0.05, 0) is 31.2 Å². The number of allylic oxidation sites excluding steroid dienone is 3. The van der Waals surface area contributed by atoms with Crippen molar-refractivity contribution >= 4 is 0 Å². The minimum Gasteiger partial charge on any atom is -0.377 e. The fraction of sp³-hybridized carbons (Fsp3) is 0.500. The van der Waals surface area contributed by atoms with Crippen LogP contribution in [0.1, 0.15) is 25.7 Å². The van der Waals surface area contributed by atoms with Gasteiger partial charge in [0, 0.05) is 13.1 Å². The molecule has 1 heterocycles. The number of rotatable bonds is 2. The zero-order valence-corrected chi connectivity index (χ0v) is 8.82. The molecule has 1 aliphatic rings. The lowest BCUT2D eigenvalue weighted by Crippen LogP contribution is -2.17. The summed E-state index contributed by atoms with van der Waals surface area (Å²) in [6.07, 6.45) is 10.4. The molecule has 3 heteroatoms. The molecule has 0 aromatic rings. The molecule has 3 nitrogen and oxygen atoms in total. The second-order valence-corrected chi connectivity index (χ2v) is 3.60. The first kappa shape index (κ1) is 11.3. The van der Waals surface area contributed by atoms with Gasteiger partial charge >= 0.3 is 0 Å². The van der Waals surface area contributed by atoms with E-state index in [1.807, 2.05) is 18.3 Å². The van der Waals surface area contributed by atoms with E-state index in [1.165, 1.54) is 25.7 Å². The van der Waals surface area contributed by atoms with Crippen molar-refractivity contribution in [3.63, 3.8) is 0 Å². The Kier molecular flexibility index (Phi) is 5.04. The lowest BCUT2D eigenvalue weighted by Gasteiger charge is -2.16. The average Bonchev–Trinajstić information content (AvgIpc) is 2.53. The first-order valence-electron chi connectivity index (χ1n) is 5.29. The lowest BCUT2D eigenvalue weighted by molar-refractivity contribution is 0.392. The summed E-state index contributed by atoms with van der Waals surface area (Å²) in [7, 11) is 0. The van der Waals surface area contributed by atoms with Crippen molar-refractivity contribution in [1.29, 1.82) is 10.5 Å². The van der Waals surface area contributed by atoms with Crippen LogP contribution in [-0.4, -0.2) is 18.0 Å². The van der Waals surface area contributed by atoms with Crippen molar-refractivity contribution in [3.05, 3.63) is 23.9 Å². The van der Waals surface area contributed by atoms with E-state index in [4.69, 9.17) is 10.5 Å². The summed E-state index contributed by atoms with van der Waals surface area (Å²) >= 11 is 0. The van der Waals surface area contributed by atoms with Gasteiger partial charge in [0.05, 0.1) is 0 Å². The molecule has 0 bridgehead atoms. The topological polar surface area (TPSA) is 50.8 Å². The molecule has 0 N–H and O–H groups in total. The highest BCUT2D eigenvalue weighted by Gasteiger charge is 2.03. The van der Waals surface area contributed by atoms with E-state index in [-0.39, 0.29) is 5.57 Å². The number of hydrogen-bond acceptors (Lipinski definition) is 3. The summed E-state index contributed by atoms with van der Waals surface area (Å²) in [5.41, 5.74) is 0.154. The molecule has 1 rings (SSSR count). The number of likely N-dealkylation sites (tertiary alicyclic amines) is 1. The molecule has 15 heavy (non-hydrogen) atoms. The average molecular weight is 201 g/mol. The van der Waals surface area contributed by atoms with Gasteiger partial charge in [-0.2, -0.15) is 10.5 Å². The van der Waals surface area contributed by atoms with Gasteiger partial charge in [-0.1, -0.05) is 12.8 Å². The Labute approximate surface area is 90.9 Å². The fourth-order valence-electron chi connectivity index (χ4n) is 1.60. The van der Waals surface area contributed by atoms with Crippen LogP contribution in [0.2, 0.25) is 0 Å². The summed E-state index contributed by atoms with van der Waals surface area (Å²) in [6.45, 7) is 2.16. The molecule has 0 amide bonds. The minimum atomic E-state index is 0.154. The van der Waals surface area contributed by atoms with Gasteiger partial charge in [0.1, 0.15) is 17.7 Å². The molecular formula is C12H15N3. The summed E-state index contributed by atoms with van der Waals surface area (Å²) < 4.78 is 0. The Bertz CT molecular complexity index is 304. The number of hydrogen-bond donors (Lipinski definition) is 0. The molecule has 78 valence electrons. The Hall–Kier alpha value is -1.74. The number of nitrogens with zero attached hydrogens (tertiary/aromatic N) is 3. The highest BCUT2D eigenvalue weighted by Crippen LogP contribution is 2.09. The maximum absolute atomic E-state index is 8.52. The van der Waals surface area contributed by atoms with E-state index in [9.17, 15) is 0 Å². The zero-order valence-electron chi connectivity index (χ0n) is 8.82. The van der Waals surface area contributed by atoms with Gasteiger partial charge in [0.2, 0.25) is 0 Å². The number of nitriles is 2. The first-order chi connectivity index (χ1) is 7.36. The van der Waals surface area contributed by atoms with Crippen molar-refractivity contribution in [1.82, 2.24) is 4.90 Å². The molecule has 0 saturated carbocycles. The van der Waals surface area contributed by atoms with Crippen LogP contribution in [0.15, 0.2) is 23.9 Å². The Morgan fingerprint density at radius 2 is 1.60 bits per heavy atom. The maximum Gasteiger partial charge on any atom is 0.129 e. The summed E-state index contributed by atoms with van der Waals surface area (Å²) in [6, 6.07) is 3.66. The normalized spacial score (nSPS) is 16.5. The van der Waals surface area contributed by atoms with E-state index in [1.54, 1.807) is 12.2 Å². The van der Waals surface area contributed by atoms with Crippen LogP contribution >= 0.6 is 0 Å². The molecule has 1 fully saturated rings.